The lowest BCUT2D eigenvalue weighted by molar-refractivity contribution is -0.120. The Kier molecular flexibility index (Phi) is 7.25. The zero-order chi connectivity index (χ0) is 20.0. The van der Waals surface area contributed by atoms with E-state index in [1.165, 1.54) is 0 Å². The first kappa shape index (κ1) is 21.2. The fraction of sp³-hybridized carbons (Fsp3) is 0.619. The highest BCUT2D eigenvalue weighted by molar-refractivity contribution is 5.95. The van der Waals surface area contributed by atoms with Crippen LogP contribution in [0.5, 0.6) is 0 Å². The summed E-state index contributed by atoms with van der Waals surface area (Å²) in [6.45, 7) is 12.7. The number of para-hydroxylation sites is 1. The van der Waals surface area contributed by atoms with E-state index in [2.05, 4.69) is 4.90 Å². The summed E-state index contributed by atoms with van der Waals surface area (Å²) in [6, 6.07) is 9.86. The maximum atomic E-state index is 12.9. The van der Waals surface area contributed by atoms with Crippen molar-refractivity contribution in [1.82, 2.24) is 9.80 Å². The van der Waals surface area contributed by atoms with Gasteiger partial charge in [-0.25, -0.2) is 4.79 Å². The third kappa shape index (κ3) is 6.54. The van der Waals surface area contributed by atoms with Crippen LogP contribution in [-0.2, 0) is 9.53 Å². The van der Waals surface area contributed by atoms with Gasteiger partial charge in [0.15, 0.2) is 0 Å². The number of hydrogen-bond donors (Lipinski definition) is 0. The van der Waals surface area contributed by atoms with Crippen molar-refractivity contribution < 1.29 is 14.3 Å². The summed E-state index contributed by atoms with van der Waals surface area (Å²) >= 11 is 0. The lowest BCUT2D eigenvalue weighted by atomic mass is 10.2. The van der Waals surface area contributed by atoms with E-state index in [0.717, 1.165) is 18.7 Å². The Morgan fingerprint density at radius 1 is 1.07 bits per heavy atom. The fourth-order valence-corrected chi connectivity index (χ4v) is 3.22. The average Bonchev–Trinajstić information content (AvgIpc) is 2.79. The second kappa shape index (κ2) is 9.22. The normalized spacial score (nSPS) is 16.1. The first-order valence-corrected chi connectivity index (χ1v) is 9.75. The molecule has 6 heteroatoms. The predicted octanol–water partition coefficient (Wildman–Crippen LogP) is 3.37. The summed E-state index contributed by atoms with van der Waals surface area (Å²) in [7, 11) is 0. The van der Waals surface area contributed by atoms with Gasteiger partial charge in [-0.3, -0.25) is 9.69 Å². The molecule has 2 amide bonds. The van der Waals surface area contributed by atoms with Crippen molar-refractivity contribution in [2.24, 2.45) is 0 Å². The van der Waals surface area contributed by atoms with Crippen LogP contribution >= 0.6 is 0 Å². The molecule has 27 heavy (non-hydrogen) atoms. The van der Waals surface area contributed by atoms with E-state index in [9.17, 15) is 9.59 Å². The fourth-order valence-electron chi connectivity index (χ4n) is 3.22. The second-order valence-electron chi connectivity index (χ2n) is 8.29. The number of anilines is 1. The molecule has 0 radical (unpaired) electrons. The van der Waals surface area contributed by atoms with Gasteiger partial charge in [0.1, 0.15) is 5.60 Å². The van der Waals surface area contributed by atoms with Crippen LogP contribution in [0.2, 0.25) is 0 Å². The van der Waals surface area contributed by atoms with Gasteiger partial charge < -0.3 is 14.5 Å². The number of hydrogen-bond acceptors (Lipinski definition) is 4. The third-order valence-corrected chi connectivity index (χ3v) is 4.42. The molecule has 0 spiro atoms. The molecule has 1 aliphatic rings. The maximum Gasteiger partial charge on any atom is 0.410 e. The molecule has 2 rings (SSSR count). The molecule has 150 valence electrons. The zero-order valence-electron chi connectivity index (χ0n) is 17.3. The first-order chi connectivity index (χ1) is 12.7. The van der Waals surface area contributed by atoms with Crippen molar-refractivity contribution >= 4 is 17.7 Å². The van der Waals surface area contributed by atoms with Gasteiger partial charge in [0.05, 0.1) is 6.54 Å². The molecule has 6 nitrogen and oxygen atoms in total. The number of carbonyl (C=O) groups excluding carboxylic acids is 2. The van der Waals surface area contributed by atoms with E-state index in [4.69, 9.17) is 4.74 Å². The van der Waals surface area contributed by atoms with Crippen molar-refractivity contribution in [1.29, 1.82) is 0 Å². The SMILES string of the molecule is CC(C)N(C(=O)CN1CCCN(C(=O)OC(C)(C)C)CC1)c1ccccc1. The first-order valence-electron chi connectivity index (χ1n) is 9.75. The molecule has 0 unspecified atom stereocenters. The number of rotatable bonds is 4. The highest BCUT2D eigenvalue weighted by Gasteiger charge is 2.26. The van der Waals surface area contributed by atoms with E-state index >= 15 is 0 Å². The minimum Gasteiger partial charge on any atom is -0.444 e. The molecule has 1 heterocycles. The molecule has 1 aromatic rings. The third-order valence-electron chi connectivity index (χ3n) is 4.42. The van der Waals surface area contributed by atoms with Gasteiger partial charge >= 0.3 is 6.09 Å². The predicted molar refractivity (Wildman–Crippen MR) is 108 cm³/mol. The highest BCUT2D eigenvalue weighted by Crippen LogP contribution is 2.18. The monoisotopic (exact) mass is 375 g/mol. The van der Waals surface area contributed by atoms with Crippen LogP contribution in [0.1, 0.15) is 41.0 Å². The molecule has 1 saturated heterocycles. The maximum absolute atomic E-state index is 12.9. The zero-order valence-corrected chi connectivity index (χ0v) is 17.3. The number of carbonyl (C=O) groups is 2. The number of benzene rings is 1. The summed E-state index contributed by atoms with van der Waals surface area (Å²) < 4.78 is 5.47. The lowest BCUT2D eigenvalue weighted by Gasteiger charge is -2.30. The summed E-state index contributed by atoms with van der Waals surface area (Å²) in [5.41, 5.74) is 0.426. The van der Waals surface area contributed by atoms with E-state index in [-0.39, 0.29) is 18.0 Å². The molecule has 0 saturated carbocycles. The molecule has 0 atom stereocenters. The standard InChI is InChI=1S/C21H33N3O3/c1-17(2)24(18-10-7-6-8-11-18)19(25)16-22-12-9-13-23(15-14-22)20(26)27-21(3,4)5/h6-8,10-11,17H,9,12-16H2,1-5H3. The molecule has 0 bridgehead atoms. The molecule has 1 aromatic carbocycles. The molecule has 0 aromatic heterocycles. The van der Waals surface area contributed by atoms with Crippen LogP contribution in [0.4, 0.5) is 10.5 Å². The van der Waals surface area contributed by atoms with Crippen LogP contribution in [0.3, 0.4) is 0 Å². The van der Waals surface area contributed by atoms with E-state index in [0.29, 0.717) is 26.2 Å². The van der Waals surface area contributed by atoms with Gasteiger partial charge in [0.25, 0.3) is 0 Å². The minimum atomic E-state index is -0.494. The molecule has 1 aliphatic heterocycles. The summed E-state index contributed by atoms with van der Waals surface area (Å²) in [5.74, 6) is 0.0851. The topological polar surface area (TPSA) is 53.1 Å². The van der Waals surface area contributed by atoms with Gasteiger partial charge in [-0.2, -0.15) is 0 Å². The Morgan fingerprint density at radius 3 is 2.33 bits per heavy atom. The van der Waals surface area contributed by atoms with Crippen molar-refractivity contribution in [2.45, 2.75) is 52.7 Å². The quantitative estimate of drug-likeness (QED) is 0.810. The van der Waals surface area contributed by atoms with Crippen molar-refractivity contribution in [3.63, 3.8) is 0 Å². The van der Waals surface area contributed by atoms with Crippen LogP contribution in [0.25, 0.3) is 0 Å². The average molecular weight is 376 g/mol. The Balaban J connectivity index is 1.95. The Morgan fingerprint density at radius 2 is 1.74 bits per heavy atom. The number of nitrogens with zero attached hydrogens (tertiary/aromatic N) is 3. The van der Waals surface area contributed by atoms with Crippen molar-refractivity contribution in [2.75, 3.05) is 37.6 Å². The molecular formula is C21H33N3O3. The molecular weight excluding hydrogens is 342 g/mol. The minimum absolute atomic E-state index is 0.0851. The van der Waals surface area contributed by atoms with Crippen LogP contribution in [0, 0.1) is 0 Å². The van der Waals surface area contributed by atoms with Gasteiger partial charge in [-0.1, -0.05) is 18.2 Å². The Bertz CT molecular complexity index is 625. The van der Waals surface area contributed by atoms with Gasteiger partial charge in [0.2, 0.25) is 5.91 Å². The van der Waals surface area contributed by atoms with Crippen LogP contribution < -0.4 is 4.90 Å². The van der Waals surface area contributed by atoms with Crippen molar-refractivity contribution in [3.8, 4) is 0 Å². The van der Waals surface area contributed by atoms with Gasteiger partial charge in [0, 0.05) is 37.9 Å². The molecule has 1 fully saturated rings. The summed E-state index contributed by atoms with van der Waals surface area (Å²) in [5, 5.41) is 0. The van der Waals surface area contributed by atoms with Gasteiger partial charge in [-0.15, -0.1) is 0 Å². The van der Waals surface area contributed by atoms with Gasteiger partial charge in [-0.05, 0) is 53.2 Å². The lowest BCUT2D eigenvalue weighted by Crippen LogP contribution is -2.45. The Labute approximate surface area is 163 Å². The van der Waals surface area contributed by atoms with E-state index in [1.807, 2.05) is 69.9 Å². The summed E-state index contributed by atoms with van der Waals surface area (Å²) in [4.78, 5) is 31.0. The Hall–Kier alpha value is -2.08. The van der Waals surface area contributed by atoms with Crippen LogP contribution in [-0.4, -0.2) is 66.2 Å². The molecule has 0 N–H and O–H groups in total. The second-order valence-corrected chi connectivity index (χ2v) is 8.29. The number of ether oxygens (including phenoxy) is 1. The highest BCUT2D eigenvalue weighted by atomic mass is 16.6. The largest absolute Gasteiger partial charge is 0.444 e. The summed E-state index contributed by atoms with van der Waals surface area (Å²) in [6.07, 6.45) is 0.559. The van der Waals surface area contributed by atoms with E-state index in [1.54, 1.807) is 4.90 Å². The molecule has 0 aliphatic carbocycles. The van der Waals surface area contributed by atoms with Crippen molar-refractivity contribution in [3.05, 3.63) is 30.3 Å². The van der Waals surface area contributed by atoms with E-state index < -0.39 is 5.60 Å². The van der Waals surface area contributed by atoms with Crippen LogP contribution in [0.15, 0.2) is 30.3 Å². The number of amides is 2. The smallest absolute Gasteiger partial charge is 0.410 e.